The Morgan fingerprint density at radius 2 is 1.96 bits per heavy atom. The lowest BCUT2D eigenvalue weighted by molar-refractivity contribution is 0.0457. The van der Waals surface area contributed by atoms with Crippen LogP contribution in [0.1, 0.15) is 39.2 Å². The summed E-state index contributed by atoms with van der Waals surface area (Å²) in [7, 11) is 0. The van der Waals surface area contributed by atoms with Gasteiger partial charge in [-0.2, -0.15) is 0 Å². The van der Waals surface area contributed by atoms with Crippen molar-refractivity contribution in [3.8, 4) is 0 Å². The molecule has 1 amide bonds. The highest BCUT2D eigenvalue weighted by Gasteiger charge is 2.56. The number of hydrogen-bond acceptors (Lipinski definition) is 4. The quantitative estimate of drug-likeness (QED) is 0.861. The summed E-state index contributed by atoms with van der Waals surface area (Å²) in [6.07, 6.45) is 1.59. The van der Waals surface area contributed by atoms with Gasteiger partial charge in [0.15, 0.2) is 0 Å². The first-order chi connectivity index (χ1) is 11.8. The number of carbonyl (C=O) groups excluding carboxylic acids is 1. The standard InChI is InChI=1S/C20H30N2O3/c1-19(2,3)25-18(24)21-20(9-10-20)17-13-22(12-16(17)14-23)11-15-7-5-4-6-8-15/h4-8,16-17,23H,9-14H2,1-3H3,(H,21,24). The van der Waals surface area contributed by atoms with Crippen LogP contribution in [0.25, 0.3) is 0 Å². The molecule has 2 N–H and O–H groups in total. The Bertz CT molecular complexity index is 593. The van der Waals surface area contributed by atoms with Gasteiger partial charge in [0.25, 0.3) is 0 Å². The largest absolute Gasteiger partial charge is 0.444 e. The molecule has 1 aliphatic heterocycles. The first-order valence-corrected chi connectivity index (χ1v) is 9.20. The van der Waals surface area contributed by atoms with Gasteiger partial charge in [-0.05, 0) is 39.2 Å². The molecular formula is C20H30N2O3. The molecule has 3 rings (SSSR count). The number of likely N-dealkylation sites (tertiary alicyclic amines) is 1. The van der Waals surface area contributed by atoms with Crippen LogP contribution in [0.15, 0.2) is 30.3 Å². The minimum absolute atomic E-state index is 0.160. The molecule has 0 aromatic heterocycles. The molecule has 1 saturated heterocycles. The fraction of sp³-hybridized carbons (Fsp3) is 0.650. The zero-order valence-corrected chi connectivity index (χ0v) is 15.5. The van der Waals surface area contributed by atoms with E-state index in [4.69, 9.17) is 4.74 Å². The van der Waals surface area contributed by atoms with E-state index in [2.05, 4.69) is 34.5 Å². The van der Waals surface area contributed by atoms with Crippen molar-refractivity contribution in [3.63, 3.8) is 0 Å². The number of nitrogens with zero attached hydrogens (tertiary/aromatic N) is 1. The molecule has 2 unspecified atom stereocenters. The van der Waals surface area contributed by atoms with E-state index in [1.54, 1.807) is 0 Å². The van der Waals surface area contributed by atoms with Crippen molar-refractivity contribution in [2.24, 2.45) is 11.8 Å². The van der Waals surface area contributed by atoms with Crippen molar-refractivity contribution in [1.82, 2.24) is 10.2 Å². The van der Waals surface area contributed by atoms with Gasteiger partial charge in [0.05, 0.1) is 0 Å². The maximum atomic E-state index is 12.2. The van der Waals surface area contributed by atoms with Crippen molar-refractivity contribution in [3.05, 3.63) is 35.9 Å². The van der Waals surface area contributed by atoms with Gasteiger partial charge in [0.1, 0.15) is 5.60 Å². The number of aliphatic hydroxyl groups excluding tert-OH is 1. The summed E-state index contributed by atoms with van der Waals surface area (Å²) in [4.78, 5) is 14.6. The molecule has 5 heteroatoms. The number of benzene rings is 1. The summed E-state index contributed by atoms with van der Waals surface area (Å²) in [6.45, 7) is 8.44. The third-order valence-electron chi connectivity index (χ3n) is 5.25. The molecule has 1 aromatic rings. The van der Waals surface area contributed by atoms with Crippen LogP contribution in [-0.2, 0) is 11.3 Å². The first-order valence-electron chi connectivity index (χ1n) is 9.20. The van der Waals surface area contributed by atoms with Crippen molar-refractivity contribution < 1.29 is 14.6 Å². The van der Waals surface area contributed by atoms with E-state index in [0.717, 1.165) is 32.5 Å². The average molecular weight is 346 g/mol. The maximum Gasteiger partial charge on any atom is 0.408 e. The molecule has 0 spiro atoms. The average Bonchev–Trinajstić information content (AvgIpc) is 3.17. The summed E-state index contributed by atoms with van der Waals surface area (Å²) in [5, 5.41) is 13.0. The number of nitrogens with one attached hydrogen (secondary N) is 1. The van der Waals surface area contributed by atoms with Crippen LogP contribution >= 0.6 is 0 Å². The zero-order chi connectivity index (χ0) is 18.1. The number of hydrogen-bond donors (Lipinski definition) is 2. The first kappa shape index (κ1) is 18.2. The van der Waals surface area contributed by atoms with Gasteiger partial charge in [-0.3, -0.25) is 4.90 Å². The summed E-state index contributed by atoms with van der Waals surface area (Å²) in [6, 6.07) is 10.4. The van der Waals surface area contributed by atoms with E-state index >= 15 is 0 Å². The number of alkyl carbamates (subject to hydrolysis) is 1. The summed E-state index contributed by atoms with van der Waals surface area (Å²) in [5.74, 6) is 0.467. The summed E-state index contributed by atoms with van der Waals surface area (Å²) >= 11 is 0. The van der Waals surface area contributed by atoms with E-state index in [1.165, 1.54) is 5.56 Å². The number of rotatable bonds is 5. The molecule has 2 fully saturated rings. The summed E-state index contributed by atoms with van der Waals surface area (Å²) in [5.41, 5.74) is 0.581. The third-order valence-corrected chi connectivity index (χ3v) is 5.25. The van der Waals surface area contributed by atoms with Crippen LogP contribution in [0.3, 0.4) is 0 Å². The second-order valence-electron chi connectivity index (χ2n) is 8.51. The fourth-order valence-corrected chi connectivity index (χ4v) is 3.97. The van der Waals surface area contributed by atoms with Gasteiger partial charge < -0.3 is 15.2 Å². The molecule has 1 aliphatic carbocycles. The molecule has 5 nitrogen and oxygen atoms in total. The Morgan fingerprint density at radius 3 is 2.52 bits per heavy atom. The van der Waals surface area contributed by atoms with Gasteiger partial charge >= 0.3 is 6.09 Å². The Morgan fingerprint density at radius 1 is 1.28 bits per heavy atom. The fourth-order valence-electron chi connectivity index (χ4n) is 3.97. The van der Waals surface area contributed by atoms with Gasteiger partial charge in [-0.25, -0.2) is 4.79 Å². The van der Waals surface area contributed by atoms with E-state index in [-0.39, 0.29) is 30.1 Å². The lowest BCUT2D eigenvalue weighted by atomic mass is 9.87. The van der Waals surface area contributed by atoms with Crippen molar-refractivity contribution in [2.75, 3.05) is 19.7 Å². The minimum Gasteiger partial charge on any atom is -0.444 e. The highest BCUT2D eigenvalue weighted by atomic mass is 16.6. The Hall–Kier alpha value is -1.59. The van der Waals surface area contributed by atoms with Gasteiger partial charge in [0.2, 0.25) is 0 Å². The lowest BCUT2D eigenvalue weighted by Gasteiger charge is -2.29. The molecule has 0 radical (unpaired) electrons. The third kappa shape index (κ3) is 4.53. The second kappa shape index (κ2) is 6.96. The van der Waals surface area contributed by atoms with Crippen LogP contribution < -0.4 is 5.32 Å². The Labute approximate surface area is 150 Å². The van der Waals surface area contributed by atoms with E-state index in [1.807, 2.05) is 26.8 Å². The molecular weight excluding hydrogens is 316 g/mol. The van der Waals surface area contributed by atoms with E-state index < -0.39 is 5.60 Å². The molecule has 2 atom stereocenters. The molecule has 2 aliphatic rings. The number of ether oxygens (including phenoxy) is 1. The van der Waals surface area contributed by atoms with Gasteiger partial charge in [0, 0.05) is 43.6 Å². The molecule has 1 heterocycles. The molecule has 1 saturated carbocycles. The minimum atomic E-state index is -0.494. The number of carbonyl (C=O) groups is 1. The zero-order valence-electron chi connectivity index (χ0n) is 15.5. The van der Waals surface area contributed by atoms with E-state index in [0.29, 0.717) is 0 Å². The van der Waals surface area contributed by atoms with Crippen molar-refractivity contribution >= 4 is 6.09 Å². The van der Waals surface area contributed by atoms with E-state index in [9.17, 15) is 9.90 Å². The lowest BCUT2D eigenvalue weighted by Crippen LogP contribution is -2.47. The topological polar surface area (TPSA) is 61.8 Å². The van der Waals surface area contributed by atoms with Crippen LogP contribution in [0.5, 0.6) is 0 Å². The predicted molar refractivity (Wildman–Crippen MR) is 97.1 cm³/mol. The SMILES string of the molecule is CC(C)(C)OC(=O)NC1(C2CN(Cc3ccccc3)CC2CO)CC1. The molecule has 25 heavy (non-hydrogen) atoms. The Balaban J connectivity index is 1.63. The Kier molecular flexibility index (Phi) is 5.07. The van der Waals surface area contributed by atoms with Crippen molar-refractivity contribution in [1.29, 1.82) is 0 Å². The monoisotopic (exact) mass is 346 g/mol. The predicted octanol–water partition coefficient (Wildman–Crippen LogP) is 2.78. The van der Waals surface area contributed by atoms with Crippen LogP contribution in [0.2, 0.25) is 0 Å². The van der Waals surface area contributed by atoms with Gasteiger partial charge in [-0.1, -0.05) is 30.3 Å². The van der Waals surface area contributed by atoms with Crippen LogP contribution in [-0.4, -0.2) is 46.9 Å². The van der Waals surface area contributed by atoms with Crippen molar-refractivity contribution in [2.45, 2.75) is 51.3 Å². The summed E-state index contributed by atoms with van der Waals surface area (Å²) < 4.78 is 5.44. The number of amides is 1. The maximum absolute atomic E-state index is 12.2. The number of aliphatic hydroxyl groups is 1. The highest BCUT2D eigenvalue weighted by Crippen LogP contribution is 2.48. The smallest absolute Gasteiger partial charge is 0.408 e. The molecule has 0 bridgehead atoms. The van der Waals surface area contributed by atoms with Crippen LogP contribution in [0.4, 0.5) is 4.79 Å². The normalized spacial score (nSPS) is 25.6. The molecule has 1 aromatic carbocycles. The highest BCUT2D eigenvalue weighted by molar-refractivity contribution is 5.69. The second-order valence-corrected chi connectivity index (χ2v) is 8.51. The molecule has 138 valence electrons. The van der Waals surface area contributed by atoms with Crippen LogP contribution in [0, 0.1) is 11.8 Å². The van der Waals surface area contributed by atoms with Gasteiger partial charge in [-0.15, -0.1) is 0 Å².